The number of nitrogens with one attached hydrogen (secondary N) is 3. The first-order valence-corrected chi connectivity index (χ1v) is 24.8. The Balaban J connectivity index is 0.975. The number of nitrogens with zero attached hydrogens (tertiary/aromatic N) is 6. The molecule has 3 atom stereocenters. The normalized spacial score (nSPS) is 15.2. The van der Waals surface area contributed by atoms with Gasteiger partial charge < -0.3 is 58.3 Å². The maximum atomic E-state index is 14.1. The van der Waals surface area contributed by atoms with Gasteiger partial charge in [0.25, 0.3) is 5.88 Å². The summed E-state index contributed by atoms with van der Waals surface area (Å²) in [6.45, 7) is 14.1. The van der Waals surface area contributed by atoms with Crippen molar-refractivity contribution in [3.8, 4) is 28.5 Å². The maximum Gasteiger partial charge on any atom is 0.347 e. The molecular weight excluding hydrogens is 955 g/mol. The molecule has 3 N–H and O–H groups in total. The predicted octanol–water partition coefficient (Wildman–Crippen LogP) is 4.85. The van der Waals surface area contributed by atoms with Gasteiger partial charge >= 0.3 is 29.9 Å². The van der Waals surface area contributed by atoms with E-state index in [1.807, 2.05) is 43.9 Å². The van der Waals surface area contributed by atoms with Crippen LogP contribution in [0.4, 0.5) is 16.3 Å². The van der Waals surface area contributed by atoms with Crippen LogP contribution in [0.3, 0.4) is 0 Å². The number of amides is 2. The molecule has 2 aliphatic heterocycles. The number of rotatable bonds is 26. The number of anilines is 2. The topological polar surface area (TPSA) is 247 Å². The summed E-state index contributed by atoms with van der Waals surface area (Å²) in [7, 11) is 1.55. The van der Waals surface area contributed by atoms with E-state index in [4.69, 9.17) is 37.9 Å². The zero-order chi connectivity index (χ0) is 51.5. The van der Waals surface area contributed by atoms with Gasteiger partial charge in [0, 0.05) is 50.0 Å². The highest BCUT2D eigenvalue weighted by Gasteiger charge is 2.28. The zero-order valence-electron chi connectivity index (χ0n) is 41.8. The van der Waals surface area contributed by atoms with Crippen molar-refractivity contribution in [3.63, 3.8) is 0 Å². The molecule has 0 saturated carbocycles. The summed E-state index contributed by atoms with van der Waals surface area (Å²) >= 11 is 1.01. The molecule has 2 amide bonds. The minimum Gasteiger partial charge on any atom is -0.497 e. The van der Waals surface area contributed by atoms with Crippen LogP contribution in [0.1, 0.15) is 65.9 Å². The van der Waals surface area contributed by atoms with E-state index in [-0.39, 0.29) is 44.8 Å². The van der Waals surface area contributed by atoms with Crippen LogP contribution < -0.4 is 29.7 Å². The van der Waals surface area contributed by atoms with Crippen LogP contribution in [0.2, 0.25) is 0 Å². The first kappa shape index (κ1) is 54.8. The molecule has 72 heavy (non-hydrogen) atoms. The zero-order valence-corrected chi connectivity index (χ0v) is 42.7. The molecule has 23 heteroatoms. The molecule has 6 rings (SSSR count). The van der Waals surface area contributed by atoms with Crippen LogP contribution in [-0.2, 0) is 49.4 Å². The number of morpholine rings is 1. The first-order chi connectivity index (χ1) is 34.6. The SMILES string of the molecule is COc1cccc(CN(CCOC(=O)[C@H](C)OC(=O)[C@H](C)OC(=O)CCC(=O)O[C@@H](CNC(C)(C)C)COc2nsnc2N2CCOCC2)C(=O)Nc2ccc(-c3cn[nH]c3)cc2OCCN2CCCC2)c1. The number of carbonyl (C=O) groups excluding carboxylic acids is 5. The van der Waals surface area contributed by atoms with Crippen molar-refractivity contribution in [2.75, 3.05) is 96.2 Å². The Hall–Kier alpha value is -6.56. The third-order valence-corrected chi connectivity index (χ3v) is 11.9. The van der Waals surface area contributed by atoms with Crippen molar-refractivity contribution in [3.05, 3.63) is 60.4 Å². The molecule has 0 aliphatic carbocycles. The maximum absolute atomic E-state index is 14.1. The first-order valence-electron chi connectivity index (χ1n) is 24.1. The van der Waals surface area contributed by atoms with Crippen LogP contribution in [0.5, 0.6) is 17.4 Å². The quantitative estimate of drug-likeness (QED) is 0.0562. The van der Waals surface area contributed by atoms with E-state index < -0.39 is 54.6 Å². The monoisotopic (exact) mass is 1020 g/mol. The van der Waals surface area contributed by atoms with Gasteiger partial charge in [0.1, 0.15) is 37.4 Å². The lowest BCUT2D eigenvalue weighted by Gasteiger charge is -2.27. The van der Waals surface area contributed by atoms with Gasteiger partial charge in [-0.3, -0.25) is 19.6 Å². The van der Waals surface area contributed by atoms with Crippen molar-refractivity contribution in [1.29, 1.82) is 0 Å². The summed E-state index contributed by atoms with van der Waals surface area (Å²) < 4.78 is 53.4. The highest BCUT2D eigenvalue weighted by atomic mass is 32.1. The third kappa shape index (κ3) is 17.6. The van der Waals surface area contributed by atoms with Gasteiger partial charge in [-0.2, -0.15) is 9.47 Å². The van der Waals surface area contributed by atoms with Gasteiger partial charge in [0.15, 0.2) is 12.2 Å². The van der Waals surface area contributed by atoms with Gasteiger partial charge in [-0.1, -0.05) is 18.2 Å². The van der Waals surface area contributed by atoms with Crippen molar-refractivity contribution in [1.82, 2.24) is 34.1 Å². The fourth-order valence-corrected chi connectivity index (χ4v) is 7.99. The Morgan fingerprint density at radius 1 is 0.875 bits per heavy atom. The Morgan fingerprint density at radius 3 is 2.35 bits per heavy atom. The van der Waals surface area contributed by atoms with E-state index in [1.54, 1.807) is 43.8 Å². The molecule has 2 fully saturated rings. The van der Waals surface area contributed by atoms with Crippen LogP contribution in [0.25, 0.3) is 11.1 Å². The van der Waals surface area contributed by atoms with Crippen LogP contribution >= 0.6 is 11.7 Å². The second-order valence-corrected chi connectivity index (χ2v) is 18.8. The lowest BCUT2D eigenvalue weighted by atomic mass is 10.1. The van der Waals surface area contributed by atoms with Crippen molar-refractivity contribution in [2.24, 2.45) is 0 Å². The third-order valence-electron chi connectivity index (χ3n) is 11.4. The standard InChI is InChI=1S/C49H67N9O13S/c1-33(70-47(62)34(2)69-42(59)14-15-43(60)71-39(30-50-49(3,4)5)32-68-45-44(54-72-55-45)57-19-22-65-23-20-57)46(61)67-25-21-58(31-35-10-9-11-38(26-35)64-6)48(63)53-40-13-12-36(37-28-51-52-29-37)27-41(40)66-24-18-56-16-7-8-17-56/h9-13,26-29,33-34,39,50H,7-8,14-25,30-32H2,1-6H3,(H,51,52)(H,53,63)/t33-,34-,39-/m0/s1. The molecule has 0 spiro atoms. The fraction of sp³-hybridized carbons (Fsp3) is 0.551. The van der Waals surface area contributed by atoms with Gasteiger partial charge in [-0.25, -0.2) is 14.4 Å². The van der Waals surface area contributed by atoms with E-state index in [9.17, 15) is 24.0 Å². The molecule has 0 bridgehead atoms. The number of H-pyrrole nitrogens is 1. The smallest absolute Gasteiger partial charge is 0.347 e. The molecule has 22 nitrogen and oxygen atoms in total. The Kier molecular flexibility index (Phi) is 20.8. The van der Waals surface area contributed by atoms with Gasteiger partial charge in [0.2, 0.25) is 5.82 Å². The summed E-state index contributed by atoms with van der Waals surface area (Å²) in [5.74, 6) is -1.45. The molecule has 392 valence electrons. The van der Waals surface area contributed by atoms with Crippen molar-refractivity contribution < 1.29 is 61.9 Å². The number of hydrogen-bond donors (Lipinski definition) is 3. The summed E-state index contributed by atoms with van der Waals surface area (Å²) in [6.07, 6.45) is 1.49. The average molecular weight is 1020 g/mol. The number of carbonyl (C=O) groups is 5. The number of aromatic amines is 1. The van der Waals surface area contributed by atoms with Crippen LogP contribution in [-0.4, -0.2) is 168 Å². The van der Waals surface area contributed by atoms with E-state index in [1.165, 1.54) is 18.7 Å². The number of ether oxygens (including phenoxy) is 8. The summed E-state index contributed by atoms with van der Waals surface area (Å²) in [5, 5.41) is 13.2. The molecule has 2 aromatic carbocycles. The summed E-state index contributed by atoms with van der Waals surface area (Å²) in [6, 6.07) is 12.2. The second-order valence-electron chi connectivity index (χ2n) is 18.2. The predicted molar refractivity (Wildman–Crippen MR) is 265 cm³/mol. The Labute approximate surface area is 423 Å². The highest BCUT2D eigenvalue weighted by molar-refractivity contribution is 6.99. The molecule has 0 radical (unpaired) electrons. The molecule has 2 saturated heterocycles. The number of esters is 4. The average Bonchev–Trinajstić information content (AvgIpc) is 4.19. The fourth-order valence-electron chi connectivity index (χ4n) is 7.47. The number of likely N-dealkylation sites (tertiary alicyclic amines) is 1. The number of aromatic nitrogens is 4. The molecule has 4 aromatic rings. The number of hydrogen-bond acceptors (Lipinski definition) is 20. The molecule has 4 heterocycles. The van der Waals surface area contributed by atoms with E-state index in [0.29, 0.717) is 61.8 Å². The van der Waals surface area contributed by atoms with E-state index >= 15 is 0 Å². The lowest BCUT2D eigenvalue weighted by Crippen LogP contribution is -2.44. The van der Waals surface area contributed by atoms with Crippen molar-refractivity contribution in [2.45, 2.75) is 90.7 Å². The van der Waals surface area contributed by atoms with Crippen LogP contribution in [0, 0.1) is 0 Å². The molecule has 0 unspecified atom stereocenters. The molecule has 2 aromatic heterocycles. The highest BCUT2D eigenvalue weighted by Crippen LogP contribution is 2.32. The van der Waals surface area contributed by atoms with Gasteiger partial charge in [-0.15, -0.1) is 4.37 Å². The Bertz CT molecular complexity index is 2370. The number of methoxy groups -OCH3 is 1. The number of urea groups is 1. The molecule has 2 aliphatic rings. The Morgan fingerprint density at radius 2 is 1.62 bits per heavy atom. The van der Waals surface area contributed by atoms with E-state index in [0.717, 1.165) is 60.9 Å². The summed E-state index contributed by atoms with van der Waals surface area (Å²) in [5.41, 5.74) is 2.60. The molecular formula is C49H67N9O13S. The van der Waals surface area contributed by atoms with Crippen molar-refractivity contribution >= 4 is 53.1 Å². The van der Waals surface area contributed by atoms with Crippen LogP contribution in [0.15, 0.2) is 54.9 Å². The second kappa shape index (κ2) is 27.3. The minimum absolute atomic E-state index is 0.0263. The van der Waals surface area contributed by atoms with E-state index in [2.05, 4.69) is 34.5 Å². The summed E-state index contributed by atoms with van der Waals surface area (Å²) in [4.78, 5) is 71.6. The largest absolute Gasteiger partial charge is 0.497 e. The van der Waals surface area contributed by atoms with Gasteiger partial charge in [0.05, 0.1) is 63.3 Å². The minimum atomic E-state index is -1.42. The van der Waals surface area contributed by atoms with Gasteiger partial charge in [-0.05, 0) is 95.9 Å². The number of benzene rings is 2. The lowest BCUT2D eigenvalue weighted by molar-refractivity contribution is -0.177.